The molecule has 0 aliphatic carbocycles. The maximum atomic E-state index is 12.1. The van der Waals surface area contributed by atoms with Gasteiger partial charge in [0.15, 0.2) is 0 Å². The number of primary amides is 1. The number of rotatable bonds is 8. The Morgan fingerprint density at radius 3 is 2.74 bits per heavy atom. The van der Waals surface area contributed by atoms with Crippen molar-refractivity contribution in [2.75, 3.05) is 17.6 Å². The number of hydrogen-bond acceptors (Lipinski definition) is 5. The van der Waals surface area contributed by atoms with E-state index in [9.17, 15) is 9.59 Å². The Bertz CT molecular complexity index is 658. The first-order valence-electron chi connectivity index (χ1n) is 7.13. The van der Waals surface area contributed by atoms with Crippen LogP contribution in [0.25, 0.3) is 0 Å². The maximum absolute atomic E-state index is 12.1. The summed E-state index contributed by atoms with van der Waals surface area (Å²) in [5.41, 5.74) is 5.82. The molecule has 2 rings (SSSR count). The molecule has 0 saturated heterocycles. The molecule has 0 bridgehead atoms. The first-order valence-corrected chi connectivity index (χ1v) is 8.11. The highest BCUT2D eigenvalue weighted by Crippen LogP contribution is 2.26. The average molecular weight is 333 g/mol. The Balaban J connectivity index is 1.88. The zero-order chi connectivity index (χ0) is 16.7. The van der Waals surface area contributed by atoms with Crippen LogP contribution in [-0.4, -0.2) is 24.1 Å². The van der Waals surface area contributed by atoms with Crippen molar-refractivity contribution >= 4 is 29.3 Å². The van der Waals surface area contributed by atoms with Gasteiger partial charge in [-0.05, 0) is 31.2 Å². The standard InChI is InChI=1S/C16H19N3O3S/c1-11(13-6-4-8-22-13)18-9-16(21)19-12-5-2-3-7-14(12)23-10-15(17)20/h2-8,11,18H,9-10H2,1H3,(H2,17,20)(H,19,21)/t11-/m0/s1. The number of nitrogens with one attached hydrogen (secondary N) is 2. The molecule has 1 aromatic heterocycles. The van der Waals surface area contributed by atoms with Gasteiger partial charge in [0, 0.05) is 4.90 Å². The summed E-state index contributed by atoms with van der Waals surface area (Å²) in [6.45, 7) is 2.07. The minimum Gasteiger partial charge on any atom is -0.468 e. The van der Waals surface area contributed by atoms with Crippen molar-refractivity contribution in [3.05, 3.63) is 48.4 Å². The highest BCUT2D eigenvalue weighted by Gasteiger charge is 2.11. The number of nitrogens with two attached hydrogens (primary N) is 1. The second-order valence-corrected chi connectivity index (χ2v) is 5.93. The fourth-order valence-corrected chi connectivity index (χ4v) is 2.67. The van der Waals surface area contributed by atoms with E-state index in [0.717, 1.165) is 10.7 Å². The number of furan rings is 1. The summed E-state index contributed by atoms with van der Waals surface area (Å²) < 4.78 is 5.28. The smallest absolute Gasteiger partial charge is 0.238 e. The second kappa shape index (κ2) is 8.40. The van der Waals surface area contributed by atoms with E-state index in [1.807, 2.05) is 31.2 Å². The molecule has 0 unspecified atom stereocenters. The van der Waals surface area contributed by atoms with Crippen LogP contribution in [-0.2, 0) is 9.59 Å². The molecule has 0 spiro atoms. The summed E-state index contributed by atoms with van der Waals surface area (Å²) in [6.07, 6.45) is 1.60. The number of benzene rings is 1. The number of carbonyl (C=O) groups excluding carboxylic acids is 2. The van der Waals surface area contributed by atoms with Crippen molar-refractivity contribution in [3.8, 4) is 0 Å². The van der Waals surface area contributed by atoms with Crippen molar-refractivity contribution in [2.45, 2.75) is 17.9 Å². The van der Waals surface area contributed by atoms with Gasteiger partial charge in [-0.1, -0.05) is 12.1 Å². The number of carbonyl (C=O) groups is 2. The van der Waals surface area contributed by atoms with E-state index in [-0.39, 0.29) is 24.2 Å². The maximum Gasteiger partial charge on any atom is 0.238 e. The lowest BCUT2D eigenvalue weighted by molar-refractivity contribution is -0.116. The van der Waals surface area contributed by atoms with Crippen LogP contribution in [0.2, 0.25) is 0 Å². The zero-order valence-corrected chi connectivity index (χ0v) is 13.6. The van der Waals surface area contributed by atoms with Crippen molar-refractivity contribution in [1.82, 2.24) is 5.32 Å². The molecule has 6 nitrogen and oxygen atoms in total. The van der Waals surface area contributed by atoms with Gasteiger partial charge in [0.25, 0.3) is 0 Å². The van der Waals surface area contributed by atoms with Crippen molar-refractivity contribution in [3.63, 3.8) is 0 Å². The number of anilines is 1. The van der Waals surface area contributed by atoms with E-state index in [2.05, 4.69) is 10.6 Å². The Morgan fingerprint density at radius 2 is 2.04 bits per heavy atom. The Kier molecular flexibility index (Phi) is 6.25. The third-order valence-corrected chi connectivity index (χ3v) is 4.17. The number of para-hydroxylation sites is 1. The summed E-state index contributed by atoms with van der Waals surface area (Å²) >= 11 is 1.29. The van der Waals surface area contributed by atoms with E-state index in [4.69, 9.17) is 10.2 Å². The molecule has 1 aromatic carbocycles. The van der Waals surface area contributed by atoms with Gasteiger partial charge in [-0.3, -0.25) is 14.9 Å². The van der Waals surface area contributed by atoms with Crippen LogP contribution in [0.3, 0.4) is 0 Å². The summed E-state index contributed by atoms with van der Waals surface area (Å²) in [5.74, 6) is 0.372. The fraction of sp³-hybridized carbons (Fsp3) is 0.250. The Labute approximate surface area is 138 Å². The third kappa shape index (κ3) is 5.46. The van der Waals surface area contributed by atoms with Gasteiger partial charge in [-0.15, -0.1) is 11.8 Å². The van der Waals surface area contributed by atoms with E-state index in [0.29, 0.717) is 5.69 Å². The van der Waals surface area contributed by atoms with Gasteiger partial charge in [0.05, 0.1) is 30.3 Å². The molecule has 0 aliphatic rings. The molecule has 2 amide bonds. The minimum absolute atomic E-state index is 0.0600. The van der Waals surface area contributed by atoms with Gasteiger partial charge in [0.2, 0.25) is 11.8 Å². The molecular formula is C16H19N3O3S. The quantitative estimate of drug-likeness (QED) is 0.643. The van der Waals surface area contributed by atoms with E-state index in [1.165, 1.54) is 11.8 Å². The molecule has 0 fully saturated rings. The second-order valence-electron chi connectivity index (χ2n) is 4.92. The first kappa shape index (κ1) is 17.1. The summed E-state index contributed by atoms with van der Waals surface area (Å²) in [7, 11) is 0. The van der Waals surface area contributed by atoms with Crippen LogP contribution >= 0.6 is 11.8 Å². The molecule has 2 aromatic rings. The molecule has 7 heteroatoms. The largest absolute Gasteiger partial charge is 0.468 e. The van der Waals surface area contributed by atoms with E-state index < -0.39 is 5.91 Å². The van der Waals surface area contributed by atoms with Gasteiger partial charge in [-0.25, -0.2) is 0 Å². The van der Waals surface area contributed by atoms with Crippen LogP contribution in [0, 0.1) is 0 Å². The molecular weight excluding hydrogens is 314 g/mol. The van der Waals surface area contributed by atoms with Crippen molar-refractivity contribution in [2.24, 2.45) is 5.73 Å². The summed E-state index contributed by atoms with van der Waals surface area (Å²) in [4.78, 5) is 23.8. The van der Waals surface area contributed by atoms with Crippen molar-refractivity contribution < 1.29 is 14.0 Å². The number of thioether (sulfide) groups is 1. The molecule has 1 heterocycles. The summed E-state index contributed by atoms with van der Waals surface area (Å²) in [5, 5.41) is 5.92. The van der Waals surface area contributed by atoms with Crippen LogP contribution in [0.1, 0.15) is 18.7 Å². The van der Waals surface area contributed by atoms with Crippen LogP contribution in [0.15, 0.2) is 52.0 Å². The summed E-state index contributed by atoms with van der Waals surface area (Å²) in [6, 6.07) is 10.9. The Morgan fingerprint density at radius 1 is 1.26 bits per heavy atom. The normalized spacial score (nSPS) is 11.9. The number of hydrogen-bond donors (Lipinski definition) is 3. The van der Waals surface area contributed by atoms with Gasteiger partial charge in [0.1, 0.15) is 5.76 Å². The average Bonchev–Trinajstić information content (AvgIpc) is 3.06. The van der Waals surface area contributed by atoms with Crippen molar-refractivity contribution in [1.29, 1.82) is 0 Å². The fourth-order valence-electron chi connectivity index (χ4n) is 1.92. The molecule has 0 saturated carbocycles. The number of amides is 2. The third-order valence-electron chi connectivity index (χ3n) is 3.07. The minimum atomic E-state index is -0.398. The van der Waals surface area contributed by atoms with E-state index >= 15 is 0 Å². The van der Waals surface area contributed by atoms with E-state index in [1.54, 1.807) is 18.4 Å². The zero-order valence-electron chi connectivity index (χ0n) is 12.7. The van der Waals surface area contributed by atoms with Gasteiger partial charge >= 0.3 is 0 Å². The van der Waals surface area contributed by atoms with Gasteiger partial charge in [-0.2, -0.15) is 0 Å². The molecule has 0 radical (unpaired) electrons. The van der Waals surface area contributed by atoms with Gasteiger partial charge < -0.3 is 15.5 Å². The lowest BCUT2D eigenvalue weighted by atomic mass is 10.2. The van der Waals surface area contributed by atoms with Crippen LogP contribution in [0.5, 0.6) is 0 Å². The molecule has 1 atom stereocenters. The van der Waals surface area contributed by atoms with Crippen LogP contribution < -0.4 is 16.4 Å². The molecule has 4 N–H and O–H groups in total. The lowest BCUT2D eigenvalue weighted by Crippen LogP contribution is -2.30. The highest BCUT2D eigenvalue weighted by atomic mass is 32.2. The Hall–Kier alpha value is -2.25. The topological polar surface area (TPSA) is 97.4 Å². The van der Waals surface area contributed by atoms with Crippen LogP contribution in [0.4, 0.5) is 5.69 Å². The molecule has 122 valence electrons. The predicted octanol–water partition coefficient (Wildman–Crippen LogP) is 2.15. The molecule has 0 aliphatic heterocycles. The predicted molar refractivity (Wildman–Crippen MR) is 90.1 cm³/mol. The first-order chi connectivity index (χ1) is 11.1. The monoisotopic (exact) mass is 333 g/mol. The lowest BCUT2D eigenvalue weighted by Gasteiger charge is -2.13. The molecule has 23 heavy (non-hydrogen) atoms. The highest BCUT2D eigenvalue weighted by molar-refractivity contribution is 8.00. The SMILES string of the molecule is C[C@H](NCC(=O)Nc1ccccc1SCC(N)=O)c1ccco1.